The van der Waals surface area contributed by atoms with Crippen LogP contribution in [0, 0.1) is 5.82 Å². The standard InChI is InChI=1S/C11H12FNO/c1-2-3-4-11(14)13-10-7-5-9(12)6-8-10/h2,5-8H,1,3-4H2,(H,13,14). The average Bonchev–Trinajstić information content (AvgIpc) is 2.18. The van der Waals surface area contributed by atoms with Gasteiger partial charge in [0.2, 0.25) is 5.91 Å². The van der Waals surface area contributed by atoms with Crippen LogP contribution in [-0.4, -0.2) is 5.91 Å². The Morgan fingerprint density at radius 3 is 2.64 bits per heavy atom. The van der Waals surface area contributed by atoms with Crippen LogP contribution in [0.3, 0.4) is 0 Å². The third-order valence-electron chi connectivity index (χ3n) is 1.70. The highest BCUT2D eigenvalue weighted by Gasteiger charge is 2.00. The second-order valence-electron chi connectivity index (χ2n) is 2.88. The molecule has 0 atom stereocenters. The first-order valence-corrected chi connectivity index (χ1v) is 4.38. The van der Waals surface area contributed by atoms with Gasteiger partial charge in [-0.2, -0.15) is 0 Å². The zero-order valence-corrected chi connectivity index (χ0v) is 7.79. The highest BCUT2D eigenvalue weighted by atomic mass is 19.1. The van der Waals surface area contributed by atoms with Crippen LogP contribution >= 0.6 is 0 Å². The first-order valence-electron chi connectivity index (χ1n) is 4.38. The van der Waals surface area contributed by atoms with Gasteiger partial charge in [-0.3, -0.25) is 4.79 Å². The van der Waals surface area contributed by atoms with E-state index in [1.807, 2.05) is 0 Å². The van der Waals surface area contributed by atoms with Gasteiger partial charge in [0.05, 0.1) is 0 Å². The fourth-order valence-corrected chi connectivity index (χ4v) is 0.990. The minimum Gasteiger partial charge on any atom is -0.326 e. The Balaban J connectivity index is 2.47. The molecule has 0 radical (unpaired) electrons. The zero-order chi connectivity index (χ0) is 10.4. The summed E-state index contributed by atoms with van der Waals surface area (Å²) >= 11 is 0. The molecule has 0 saturated heterocycles. The average molecular weight is 193 g/mol. The highest BCUT2D eigenvalue weighted by Crippen LogP contribution is 2.08. The van der Waals surface area contributed by atoms with Gasteiger partial charge in [0.25, 0.3) is 0 Å². The zero-order valence-electron chi connectivity index (χ0n) is 7.79. The number of carbonyl (C=O) groups excluding carboxylic acids is 1. The minimum absolute atomic E-state index is 0.0866. The number of halogens is 1. The van der Waals surface area contributed by atoms with Crippen LogP contribution in [0.1, 0.15) is 12.8 Å². The van der Waals surface area contributed by atoms with Gasteiger partial charge in [0.15, 0.2) is 0 Å². The lowest BCUT2D eigenvalue weighted by Gasteiger charge is -2.03. The Kier molecular flexibility index (Phi) is 3.85. The second-order valence-corrected chi connectivity index (χ2v) is 2.88. The van der Waals surface area contributed by atoms with Gasteiger partial charge in [0, 0.05) is 12.1 Å². The van der Waals surface area contributed by atoms with E-state index in [0.29, 0.717) is 18.5 Å². The molecule has 14 heavy (non-hydrogen) atoms. The predicted molar refractivity (Wildman–Crippen MR) is 54.5 cm³/mol. The van der Waals surface area contributed by atoms with Crippen molar-refractivity contribution in [2.24, 2.45) is 0 Å². The third kappa shape index (κ3) is 3.39. The molecule has 1 aromatic carbocycles. The van der Waals surface area contributed by atoms with E-state index in [1.165, 1.54) is 24.3 Å². The van der Waals surface area contributed by atoms with Gasteiger partial charge in [0.1, 0.15) is 5.82 Å². The van der Waals surface area contributed by atoms with Crippen LogP contribution in [0.25, 0.3) is 0 Å². The first kappa shape index (κ1) is 10.4. The Morgan fingerprint density at radius 1 is 1.43 bits per heavy atom. The van der Waals surface area contributed by atoms with Crippen molar-refractivity contribution in [2.75, 3.05) is 5.32 Å². The minimum atomic E-state index is -0.311. The molecule has 3 heteroatoms. The number of rotatable bonds is 4. The van der Waals surface area contributed by atoms with E-state index in [4.69, 9.17) is 0 Å². The number of hydrogen-bond donors (Lipinski definition) is 1. The third-order valence-corrected chi connectivity index (χ3v) is 1.70. The molecule has 1 N–H and O–H groups in total. The normalized spacial score (nSPS) is 9.50. The van der Waals surface area contributed by atoms with Gasteiger partial charge < -0.3 is 5.32 Å². The number of nitrogens with one attached hydrogen (secondary N) is 1. The molecule has 0 fully saturated rings. The fourth-order valence-electron chi connectivity index (χ4n) is 0.990. The summed E-state index contributed by atoms with van der Waals surface area (Å²) in [6, 6.07) is 5.68. The Bertz CT molecular complexity index is 319. The maximum absolute atomic E-state index is 12.5. The SMILES string of the molecule is C=CCCC(=O)Nc1ccc(F)cc1. The second kappa shape index (κ2) is 5.17. The highest BCUT2D eigenvalue weighted by molar-refractivity contribution is 5.90. The van der Waals surface area contributed by atoms with Gasteiger partial charge in [-0.1, -0.05) is 6.08 Å². The Morgan fingerprint density at radius 2 is 2.07 bits per heavy atom. The summed E-state index contributed by atoms with van der Waals surface area (Å²) in [6.07, 6.45) is 2.73. The molecule has 0 unspecified atom stereocenters. The molecule has 0 spiro atoms. The summed E-state index contributed by atoms with van der Waals surface area (Å²) in [6.45, 7) is 3.52. The smallest absolute Gasteiger partial charge is 0.224 e. The number of benzene rings is 1. The summed E-state index contributed by atoms with van der Waals surface area (Å²) in [4.78, 5) is 11.2. The topological polar surface area (TPSA) is 29.1 Å². The molecule has 0 aliphatic carbocycles. The van der Waals surface area contributed by atoms with E-state index in [-0.39, 0.29) is 11.7 Å². The van der Waals surface area contributed by atoms with Crippen molar-refractivity contribution in [1.29, 1.82) is 0 Å². The van der Waals surface area contributed by atoms with E-state index in [9.17, 15) is 9.18 Å². The van der Waals surface area contributed by atoms with Crippen LogP contribution < -0.4 is 5.32 Å². The first-order chi connectivity index (χ1) is 6.72. The molecule has 0 bridgehead atoms. The van der Waals surface area contributed by atoms with E-state index < -0.39 is 0 Å². The van der Waals surface area contributed by atoms with Crippen LogP contribution in [0.15, 0.2) is 36.9 Å². The lowest BCUT2D eigenvalue weighted by Crippen LogP contribution is -2.10. The quantitative estimate of drug-likeness (QED) is 0.732. The molecule has 0 saturated carbocycles. The number of hydrogen-bond acceptors (Lipinski definition) is 1. The molecule has 0 heterocycles. The lowest BCUT2D eigenvalue weighted by molar-refractivity contribution is -0.116. The summed E-state index contributed by atoms with van der Waals surface area (Å²) in [7, 11) is 0. The van der Waals surface area contributed by atoms with Crippen molar-refractivity contribution in [3.63, 3.8) is 0 Å². The van der Waals surface area contributed by atoms with Gasteiger partial charge in [-0.05, 0) is 30.7 Å². The van der Waals surface area contributed by atoms with Gasteiger partial charge in [-0.15, -0.1) is 6.58 Å². The van der Waals surface area contributed by atoms with Crippen LogP contribution in [0.2, 0.25) is 0 Å². The molecule has 74 valence electrons. The van der Waals surface area contributed by atoms with Crippen molar-refractivity contribution in [3.05, 3.63) is 42.7 Å². The molecular weight excluding hydrogens is 181 g/mol. The number of carbonyl (C=O) groups is 1. The maximum Gasteiger partial charge on any atom is 0.224 e. The van der Waals surface area contributed by atoms with Gasteiger partial charge in [-0.25, -0.2) is 4.39 Å². The molecule has 0 aromatic heterocycles. The number of anilines is 1. The lowest BCUT2D eigenvalue weighted by atomic mass is 10.2. The fraction of sp³-hybridized carbons (Fsp3) is 0.182. The summed E-state index contributed by atoms with van der Waals surface area (Å²) in [5.74, 6) is -0.398. The molecule has 0 aliphatic heterocycles. The predicted octanol–water partition coefficient (Wildman–Crippen LogP) is 2.73. The molecular formula is C11H12FNO. The van der Waals surface area contributed by atoms with Crippen LogP contribution in [0.4, 0.5) is 10.1 Å². The molecule has 0 aliphatic rings. The van der Waals surface area contributed by atoms with Crippen molar-refractivity contribution in [2.45, 2.75) is 12.8 Å². The number of amides is 1. The Labute approximate surface area is 82.4 Å². The monoisotopic (exact) mass is 193 g/mol. The van der Waals surface area contributed by atoms with Gasteiger partial charge >= 0.3 is 0 Å². The van der Waals surface area contributed by atoms with Crippen molar-refractivity contribution in [1.82, 2.24) is 0 Å². The summed E-state index contributed by atoms with van der Waals surface area (Å²) in [5, 5.41) is 2.65. The molecule has 2 nitrogen and oxygen atoms in total. The summed E-state index contributed by atoms with van der Waals surface area (Å²) in [5.41, 5.74) is 0.612. The number of allylic oxidation sites excluding steroid dienone is 1. The van der Waals surface area contributed by atoms with E-state index in [2.05, 4.69) is 11.9 Å². The molecule has 1 rings (SSSR count). The van der Waals surface area contributed by atoms with E-state index >= 15 is 0 Å². The maximum atomic E-state index is 12.5. The van der Waals surface area contributed by atoms with E-state index in [1.54, 1.807) is 6.08 Å². The largest absolute Gasteiger partial charge is 0.326 e. The molecule has 1 amide bonds. The van der Waals surface area contributed by atoms with E-state index in [0.717, 1.165) is 0 Å². The summed E-state index contributed by atoms with van der Waals surface area (Å²) < 4.78 is 12.5. The van der Waals surface area contributed by atoms with Crippen molar-refractivity contribution >= 4 is 11.6 Å². The van der Waals surface area contributed by atoms with Crippen LogP contribution in [0.5, 0.6) is 0 Å². The molecule has 1 aromatic rings. The van der Waals surface area contributed by atoms with Crippen molar-refractivity contribution < 1.29 is 9.18 Å². The van der Waals surface area contributed by atoms with Crippen molar-refractivity contribution in [3.8, 4) is 0 Å². The van der Waals surface area contributed by atoms with Crippen LogP contribution in [-0.2, 0) is 4.79 Å². The Hall–Kier alpha value is -1.64.